The quantitative estimate of drug-likeness (QED) is 0.589. The Morgan fingerprint density at radius 1 is 1.60 bits per heavy atom. The van der Waals surface area contributed by atoms with Gasteiger partial charge in [0.25, 0.3) is 0 Å². The van der Waals surface area contributed by atoms with Gasteiger partial charge >= 0.3 is 0 Å². The summed E-state index contributed by atoms with van der Waals surface area (Å²) in [5.41, 5.74) is 2.67. The molecule has 3 nitrogen and oxygen atoms in total. The lowest BCUT2D eigenvalue weighted by atomic mass is 10.2. The zero-order valence-electron chi connectivity index (χ0n) is 7.14. The maximum Gasteiger partial charge on any atom is 0.231 e. The topological polar surface area (TPSA) is 32.3 Å². The molecular formula is C7H16N2O. The molecule has 0 saturated carbocycles. The van der Waals surface area contributed by atoms with E-state index in [4.69, 9.17) is 0 Å². The van der Waals surface area contributed by atoms with Gasteiger partial charge in [-0.05, 0) is 5.92 Å². The highest BCUT2D eigenvalue weighted by atomic mass is 16.2. The molecule has 0 aromatic carbocycles. The molecule has 0 aromatic rings. The normalized spacial score (nSPS) is 10.6. The van der Waals surface area contributed by atoms with Crippen LogP contribution in [0.2, 0.25) is 0 Å². The Balaban J connectivity index is 3.43. The molecule has 0 radical (unpaired) electrons. The summed E-state index contributed by atoms with van der Waals surface area (Å²) in [4.78, 5) is 10.5. The zero-order chi connectivity index (χ0) is 8.15. The minimum atomic E-state index is -0.0110. The predicted octanol–water partition coefficient (Wildman–Crippen LogP) is 0.625. The highest BCUT2D eigenvalue weighted by Gasteiger charge is 2.00. The van der Waals surface area contributed by atoms with Crippen LogP contribution in [0.25, 0.3) is 0 Å². The van der Waals surface area contributed by atoms with E-state index < -0.39 is 0 Å². The molecule has 0 fully saturated rings. The summed E-state index contributed by atoms with van der Waals surface area (Å²) in [5, 5.41) is 1.80. The van der Waals surface area contributed by atoms with E-state index in [-0.39, 0.29) is 5.91 Å². The van der Waals surface area contributed by atoms with Crippen LogP contribution in [0.3, 0.4) is 0 Å². The molecule has 0 rings (SSSR count). The van der Waals surface area contributed by atoms with Crippen LogP contribution in [-0.2, 0) is 4.79 Å². The SMILES string of the molecule is CC(=O)NN(C)CC(C)C. The molecule has 0 spiro atoms. The molecule has 60 valence electrons. The number of hydrogen-bond donors (Lipinski definition) is 1. The van der Waals surface area contributed by atoms with Crippen molar-refractivity contribution in [2.24, 2.45) is 5.92 Å². The summed E-state index contributed by atoms with van der Waals surface area (Å²) >= 11 is 0. The first-order valence-electron chi connectivity index (χ1n) is 3.50. The predicted molar refractivity (Wildman–Crippen MR) is 41.3 cm³/mol. The van der Waals surface area contributed by atoms with Crippen molar-refractivity contribution in [1.29, 1.82) is 0 Å². The molecular weight excluding hydrogens is 128 g/mol. The van der Waals surface area contributed by atoms with Crippen molar-refractivity contribution < 1.29 is 4.79 Å². The summed E-state index contributed by atoms with van der Waals surface area (Å²) in [6.45, 7) is 6.62. The summed E-state index contributed by atoms with van der Waals surface area (Å²) < 4.78 is 0. The maximum absolute atomic E-state index is 10.5. The van der Waals surface area contributed by atoms with Crippen molar-refractivity contribution in [3.05, 3.63) is 0 Å². The van der Waals surface area contributed by atoms with Crippen LogP contribution in [0.5, 0.6) is 0 Å². The van der Waals surface area contributed by atoms with Gasteiger partial charge in [0.05, 0.1) is 0 Å². The van der Waals surface area contributed by atoms with Crippen LogP contribution in [0, 0.1) is 5.92 Å². The van der Waals surface area contributed by atoms with Crippen molar-refractivity contribution in [3.8, 4) is 0 Å². The van der Waals surface area contributed by atoms with Gasteiger partial charge in [-0.1, -0.05) is 13.8 Å². The fraction of sp³-hybridized carbons (Fsp3) is 0.857. The molecule has 1 N–H and O–H groups in total. The van der Waals surface area contributed by atoms with E-state index in [1.165, 1.54) is 6.92 Å². The molecule has 0 atom stereocenters. The lowest BCUT2D eigenvalue weighted by Crippen LogP contribution is -2.39. The number of carbonyl (C=O) groups is 1. The standard InChI is InChI=1S/C7H16N2O/c1-6(2)5-9(4)8-7(3)10/h6H,5H2,1-4H3,(H,8,10). The molecule has 10 heavy (non-hydrogen) atoms. The summed E-state index contributed by atoms with van der Waals surface area (Å²) in [5.74, 6) is 0.569. The third-order valence-electron chi connectivity index (χ3n) is 0.987. The van der Waals surface area contributed by atoms with Crippen molar-refractivity contribution >= 4 is 5.91 Å². The molecule has 0 aliphatic heterocycles. The Kier molecular flexibility index (Phi) is 4.03. The lowest BCUT2D eigenvalue weighted by Gasteiger charge is -2.18. The van der Waals surface area contributed by atoms with Gasteiger partial charge in [-0.15, -0.1) is 0 Å². The van der Waals surface area contributed by atoms with E-state index in [1.54, 1.807) is 5.01 Å². The molecule has 3 heteroatoms. The van der Waals surface area contributed by atoms with Gasteiger partial charge in [-0.2, -0.15) is 0 Å². The molecule has 0 unspecified atom stereocenters. The molecule has 0 saturated heterocycles. The first-order valence-corrected chi connectivity index (χ1v) is 3.50. The average molecular weight is 144 g/mol. The largest absolute Gasteiger partial charge is 0.289 e. The number of rotatable bonds is 3. The van der Waals surface area contributed by atoms with Gasteiger partial charge in [0.2, 0.25) is 5.91 Å². The minimum Gasteiger partial charge on any atom is -0.289 e. The third kappa shape index (κ3) is 5.56. The van der Waals surface area contributed by atoms with E-state index >= 15 is 0 Å². The Bertz CT molecular complexity index is 112. The molecule has 0 aliphatic rings. The molecule has 0 bridgehead atoms. The summed E-state index contributed by atoms with van der Waals surface area (Å²) in [7, 11) is 1.86. The van der Waals surface area contributed by atoms with Gasteiger partial charge < -0.3 is 0 Å². The Morgan fingerprint density at radius 3 is 2.40 bits per heavy atom. The molecule has 0 heterocycles. The van der Waals surface area contributed by atoms with Crippen LogP contribution in [0.4, 0.5) is 0 Å². The van der Waals surface area contributed by atoms with E-state index in [2.05, 4.69) is 19.3 Å². The van der Waals surface area contributed by atoms with Gasteiger partial charge in [0.15, 0.2) is 0 Å². The maximum atomic E-state index is 10.5. The van der Waals surface area contributed by atoms with Crippen molar-refractivity contribution in [1.82, 2.24) is 10.4 Å². The fourth-order valence-electron chi connectivity index (χ4n) is 0.862. The van der Waals surface area contributed by atoms with Gasteiger partial charge in [-0.3, -0.25) is 10.2 Å². The Labute approximate surface area is 62.4 Å². The Hall–Kier alpha value is -0.570. The first kappa shape index (κ1) is 9.43. The molecule has 0 aromatic heterocycles. The second kappa shape index (κ2) is 4.28. The van der Waals surface area contributed by atoms with Gasteiger partial charge in [0.1, 0.15) is 0 Å². The number of nitrogens with one attached hydrogen (secondary N) is 1. The van der Waals surface area contributed by atoms with Crippen molar-refractivity contribution in [3.63, 3.8) is 0 Å². The fourth-order valence-corrected chi connectivity index (χ4v) is 0.862. The van der Waals surface area contributed by atoms with E-state index in [0.29, 0.717) is 5.92 Å². The van der Waals surface area contributed by atoms with E-state index in [1.807, 2.05) is 7.05 Å². The second-order valence-corrected chi connectivity index (χ2v) is 2.94. The highest BCUT2D eigenvalue weighted by molar-refractivity contribution is 5.72. The van der Waals surface area contributed by atoms with Crippen LogP contribution in [0.15, 0.2) is 0 Å². The van der Waals surface area contributed by atoms with Crippen LogP contribution < -0.4 is 5.43 Å². The van der Waals surface area contributed by atoms with Crippen LogP contribution in [-0.4, -0.2) is 24.5 Å². The monoisotopic (exact) mass is 144 g/mol. The number of carbonyl (C=O) groups excluding carboxylic acids is 1. The van der Waals surface area contributed by atoms with Gasteiger partial charge in [-0.25, -0.2) is 5.01 Å². The summed E-state index contributed by atoms with van der Waals surface area (Å²) in [6, 6.07) is 0. The van der Waals surface area contributed by atoms with Crippen LogP contribution >= 0.6 is 0 Å². The van der Waals surface area contributed by atoms with E-state index in [0.717, 1.165) is 6.54 Å². The lowest BCUT2D eigenvalue weighted by molar-refractivity contribution is -0.123. The van der Waals surface area contributed by atoms with E-state index in [9.17, 15) is 4.79 Å². The second-order valence-electron chi connectivity index (χ2n) is 2.94. The molecule has 1 amide bonds. The average Bonchev–Trinajstić information content (AvgIpc) is 1.58. The number of nitrogens with zero attached hydrogens (tertiary/aromatic N) is 1. The summed E-state index contributed by atoms with van der Waals surface area (Å²) in [6.07, 6.45) is 0. The number of hydrazine groups is 1. The molecule has 0 aliphatic carbocycles. The number of hydrogen-bond acceptors (Lipinski definition) is 2. The first-order chi connectivity index (χ1) is 4.52. The highest BCUT2D eigenvalue weighted by Crippen LogP contribution is 1.91. The Morgan fingerprint density at radius 2 is 2.10 bits per heavy atom. The smallest absolute Gasteiger partial charge is 0.231 e. The minimum absolute atomic E-state index is 0.0110. The number of amides is 1. The van der Waals surface area contributed by atoms with Crippen LogP contribution in [0.1, 0.15) is 20.8 Å². The third-order valence-corrected chi connectivity index (χ3v) is 0.987. The zero-order valence-corrected chi connectivity index (χ0v) is 7.14. The van der Waals surface area contributed by atoms with Crippen molar-refractivity contribution in [2.45, 2.75) is 20.8 Å². The van der Waals surface area contributed by atoms with Gasteiger partial charge in [0, 0.05) is 20.5 Å². The van der Waals surface area contributed by atoms with Crippen molar-refractivity contribution in [2.75, 3.05) is 13.6 Å².